The van der Waals surface area contributed by atoms with E-state index in [0.29, 0.717) is 21.8 Å². The fourth-order valence-corrected chi connectivity index (χ4v) is 5.83. The van der Waals surface area contributed by atoms with Gasteiger partial charge in [-0.1, -0.05) is 54.1 Å². The average molecular weight is 559 g/mol. The molecule has 200 valence electrons. The predicted molar refractivity (Wildman–Crippen MR) is 160 cm³/mol. The summed E-state index contributed by atoms with van der Waals surface area (Å²) >= 11 is 2.67. The molecule has 8 heteroatoms. The van der Waals surface area contributed by atoms with Gasteiger partial charge in [-0.25, -0.2) is 4.79 Å². The lowest BCUT2D eigenvalue weighted by Crippen LogP contribution is -2.23. The highest BCUT2D eigenvalue weighted by Crippen LogP contribution is 2.37. The number of esters is 1. The Morgan fingerprint density at radius 2 is 1.69 bits per heavy atom. The molecule has 0 aliphatic rings. The second-order valence-corrected chi connectivity index (χ2v) is 11.3. The molecule has 1 atom stereocenters. The summed E-state index contributed by atoms with van der Waals surface area (Å²) in [5, 5.41) is 7.73. The van der Waals surface area contributed by atoms with Crippen molar-refractivity contribution in [3.8, 4) is 11.1 Å². The molecule has 0 aliphatic carbocycles. The number of benzene rings is 3. The van der Waals surface area contributed by atoms with E-state index >= 15 is 0 Å². The Bertz CT molecular complexity index is 1490. The second-order valence-electron chi connectivity index (χ2n) is 8.99. The number of aryl methyl sites for hydroxylation is 2. The second kappa shape index (κ2) is 12.8. The first kappa shape index (κ1) is 28.1. The Hall–Kier alpha value is -3.88. The van der Waals surface area contributed by atoms with E-state index in [2.05, 4.69) is 10.6 Å². The molecule has 0 saturated heterocycles. The lowest BCUT2D eigenvalue weighted by atomic mass is 10.0. The first-order valence-electron chi connectivity index (χ1n) is 12.6. The van der Waals surface area contributed by atoms with Crippen molar-refractivity contribution in [1.82, 2.24) is 0 Å². The SMILES string of the molecule is CCOC(=O)c1c(-c2ccc(C)cc2)csc1NC(=O)C(C)Sc1cccc(NC(=O)c2ccccc2C)c1. The smallest absolute Gasteiger partial charge is 0.341 e. The van der Waals surface area contributed by atoms with Gasteiger partial charge in [0.15, 0.2) is 0 Å². The van der Waals surface area contributed by atoms with E-state index in [1.807, 2.05) is 86.0 Å². The Balaban J connectivity index is 1.48. The van der Waals surface area contributed by atoms with Gasteiger partial charge in [-0.2, -0.15) is 0 Å². The molecular weight excluding hydrogens is 528 g/mol. The molecule has 3 aromatic carbocycles. The van der Waals surface area contributed by atoms with Crippen LogP contribution in [0.15, 0.2) is 83.1 Å². The molecule has 2 N–H and O–H groups in total. The highest BCUT2D eigenvalue weighted by molar-refractivity contribution is 8.00. The minimum Gasteiger partial charge on any atom is -0.462 e. The normalized spacial score (nSPS) is 11.5. The number of amides is 2. The van der Waals surface area contributed by atoms with Gasteiger partial charge in [0.05, 0.1) is 11.9 Å². The van der Waals surface area contributed by atoms with Crippen LogP contribution in [0.3, 0.4) is 0 Å². The summed E-state index contributed by atoms with van der Waals surface area (Å²) in [4.78, 5) is 39.6. The molecule has 0 bridgehead atoms. The van der Waals surface area contributed by atoms with Crippen LogP contribution in [0.4, 0.5) is 10.7 Å². The van der Waals surface area contributed by atoms with Crippen molar-refractivity contribution in [3.05, 3.63) is 100 Å². The zero-order valence-electron chi connectivity index (χ0n) is 22.2. The maximum absolute atomic E-state index is 13.2. The Kier molecular flexibility index (Phi) is 9.22. The zero-order valence-corrected chi connectivity index (χ0v) is 23.9. The minimum atomic E-state index is -0.470. The standard InChI is InChI=1S/C31H30N2O4S2/c1-5-37-31(36)27-26(22-15-13-19(2)14-16-22)18-38-30(27)33-28(34)21(4)39-24-11-8-10-23(17-24)32-29(35)25-12-7-6-9-20(25)3/h6-18,21H,5H2,1-4H3,(H,32,35)(H,33,34). The van der Waals surface area contributed by atoms with Gasteiger partial charge in [0.25, 0.3) is 5.91 Å². The maximum atomic E-state index is 13.2. The molecule has 0 spiro atoms. The molecule has 0 aliphatic heterocycles. The van der Waals surface area contributed by atoms with Crippen LogP contribution < -0.4 is 10.6 Å². The van der Waals surface area contributed by atoms with Crippen molar-refractivity contribution in [3.63, 3.8) is 0 Å². The summed E-state index contributed by atoms with van der Waals surface area (Å²) in [7, 11) is 0. The van der Waals surface area contributed by atoms with Crippen molar-refractivity contribution < 1.29 is 19.1 Å². The van der Waals surface area contributed by atoms with E-state index in [1.54, 1.807) is 19.9 Å². The van der Waals surface area contributed by atoms with Crippen LogP contribution in [0.1, 0.15) is 45.7 Å². The summed E-state index contributed by atoms with van der Waals surface area (Å²) < 4.78 is 5.31. The first-order valence-corrected chi connectivity index (χ1v) is 14.3. The molecule has 1 aromatic heterocycles. The Morgan fingerprint density at radius 1 is 0.949 bits per heavy atom. The van der Waals surface area contributed by atoms with Crippen LogP contribution >= 0.6 is 23.1 Å². The van der Waals surface area contributed by atoms with Gasteiger partial charge in [0.2, 0.25) is 5.91 Å². The molecule has 39 heavy (non-hydrogen) atoms. The van der Waals surface area contributed by atoms with Gasteiger partial charge < -0.3 is 15.4 Å². The number of ether oxygens (including phenoxy) is 1. The van der Waals surface area contributed by atoms with Crippen LogP contribution in [0.5, 0.6) is 0 Å². The molecule has 1 unspecified atom stereocenters. The Morgan fingerprint density at radius 3 is 2.41 bits per heavy atom. The third-order valence-corrected chi connectivity index (χ3v) is 8.02. The van der Waals surface area contributed by atoms with Gasteiger partial charge in [-0.15, -0.1) is 23.1 Å². The Labute approximate surface area is 236 Å². The maximum Gasteiger partial charge on any atom is 0.341 e. The number of thiophene rings is 1. The van der Waals surface area contributed by atoms with Gasteiger partial charge in [0.1, 0.15) is 10.6 Å². The van der Waals surface area contributed by atoms with Crippen LogP contribution in [0.25, 0.3) is 11.1 Å². The largest absolute Gasteiger partial charge is 0.462 e. The van der Waals surface area contributed by atoms with Crippen LogP contribution in [-0.4, -0.2) is 29.6 Å². The number of thioether (sulfide) groups is 1. The molecule has 6 nitrogen and oxygen atoms in total. The van der Waals surface area contributed by atoms with Crippen molar-refractivity contribution in [1.29, 1.82) is 0 Å². The number of anilines is 2. The summed E-state index contributed by atoms with van der Waals surface area (Å²) in [6.45, 7) is 7.69. The van der Waals surface area contributed by atoms with Gasteiger partial charge in [0, 0.05) is 27.1 Å². The topological polar surface area (TPSA) is 84.5 Å². The molecule has 1 heterocycles. The zero-order chi connectivity index (χ0) is 27.9. The molecule has 0 saturated carbocycles. The predicted octanol–water partition coefficient (Wildman–Crippen LogP) is 7.58. The molecule has 0 fully saturated rings. The van der Waals surface area contributed by atoms with Gasteiger partial charge in [-0.3, -0.25) is 9.59 Å². The highest BCUT2D eigenvalue weighted by Gasteiger charge is 2.24. The van der Waals surface area contributed by atoms with Crippen LogP contribution in [0, 0.1) is 13.8 Å². The number of carbonyl (C=O) groups is 3. The number of hydrogen-bond acceptors (Lipinski definition) is 6. The number of carbonyl (C=O) groups excluding carboxylic acids is 3. The van der Waals surface area contributed by atoms with Crippen molar-refractivity contribution in [2.45, 2.75) is 37.8 Å². The first-order chi connectivity index (χ1) is 18.8. The van der Waals surface area contributed by atoms with Crippen molar-refractivity contribution >= 4 is 51.6 Å². The van der Waals surface area contributed by atoms with Crippen LogP contribution in [0.2, 0.25) is 0 Å². The lowest BCUT2D eigenvalue weighted by Gasteiger charge is -2.14. The molecule has 0 radical (unpaired) electrons. The van der Waals surface area contributed by atoms with E-state index in [9.17, 15) is 14.4 Å². The summed E-state index contributed by atoms with van der Waals surface area (Å²) in [5.41, 5.74) is 5.24. The van der Waals surface area contributed by atoms with Gasteiger partial charge in [-0.05, 0) is 63.1 Å². The quantitative estimate of drug-likeness (QED) is 0.163. The molecule has 2 amide bonds. The fraction of sp³-hybridized carbons (Fsp3) is 0.194. The van der Waals surface area contributed by atoms with E-state index in [4.69, 9.17) is 4.74 Å². The average Bonchev–Trinajstić information content (AvgIpc) is 3.33. The fourth-order valence-electron chi connectivity index (χ4n) is 3.95. The minimum absolute atomic E-state index is 0.186. The van der Waals surface area contributed by atoms with E-state index in [-0.39, 0.29) is 18.4 Å². The number of rotatable bonds is 9. The van der Waals surface area contributed by atoms with Gasteiger partial charge >= 0.3 is 5.97 Å². The third-order valence-electron chi connectivity index (χ3n) is 6.03. The molecule has 4 aromatic rings. The highest BCUT2D eigenvalue weighted by atomic mass is 32.2. The number of hydrogen-bond donors (Lipinski definition) is 2. The molecular formula is C31H30N2O4S2. The van der Waals surface area contributed by atoms with Crippen molar-refractivity contribution in [2.24, 2.45) is 0 Å². The third kappa shape index (κ3) is 6.96. The lowest BCUT2D eigenvalue weighted by molar-refractivity contribution is -0.115. The number of nitrogens with one attached hydrogen (secondary N) is 2. The van der Waals surface area contributed by atoms with Crippen molar-refractivity contribution in [2.75, 3.05) is 17.2 Å². The van der Waals surface area contributed by atoms with Crippen LogP contribution in [-0.2, 0) is 9.53 Å². The van der Waals surface area contributed by atoms with E-state index in [0.717, 1.165) is 27.1 Å². The summed E-state index contributed by atoms with van der Waals surface area (Å²) in [6, 6.07) is 22.7. The molecule has 4 rings (SSSR count). The summed E-state index contributed by atoms with van der Waals surface area (Å²) in [5.74, 6) is -0.895. The summed E-state index contributed by atoms with van der Waals surface area (Å²) in [6.07, 6.45) is 0. The van der Waals surface area contributed by atoms with E-state index in [1.165, 1.54) is 23.1 Å². The monoisotopic (exact) mass is 558 g/mol. The van der Waals surface area contributed by atoms with E-state index < -0.39 is 11.2 Å².